The van der Waals surface area contributed by atoms with Crippen LogP contribution in [-0.2, 0) is 11.3 Å². The Morgan fingerprint density at radius 1 is 1.11 bits per heavy atom. The molecule has 2 aromatic carbocycles. The number of ether oxygens (including phenoxy) is 3. The molecular formula is C21H24N2O4S. The summed E-state index contributed by atoms with van der Waals surface area (Å²) in [7, 11) is 3.29. The number of aromatic nitrogens is 1. The highest BCUT2D eigenvalue weighted by Gasteiger charge is 2.11. The first-order valence-electron chi connectivity index (χ1n) is 9.04. The quantitative estimate of drug-likeness (QED) is 0.604. The summed E-state index contributed by atoms with van der Waals surface area (Å²) in [5, 5.41) is 0. The second kappa shape index (κ2) is 9.03. The van der Waals surface area contributed by atoms with E-state index in [4.69, 9.17) is 14.2 Å². The number of hydrogen-bond donors (Lipinski definition) is 0. The third-order valence-corrected chi connectivity index (χ3v) is 5.12. The molecule has 1 heterocycles. The van der Waals surface area contributed by atoms with Crippen LogP contribution in [0.3, 0.4) is 0 Å². The van der Waals surface area contributed by atoms with Gasteiger partial charge >= 0.3 is 0 Å². The van der Waals surface area contributed by atoms with Crippen molar-refractivity contribution in [3.63, 3.8) is 0 Å². The molecule has 1 aromatic heterocycles. The Bertz CT molecular complexity index is 1020. The predicted octanol–water partition coefficient (Wildman–Crippen LogP) is 3.89. The molecule has 1 amide bonds. The molecule has 0 unspecified atom stereocenters. The number of fused-ring (bicyclic) bond motifs is 1. The first kappa shape index (κ1) is 20.1. The fourth-order valence-corrected chi connectivity index (χ4v) is 3.85. The average Bonchev–Trinajstić information content (AvgIpc) is 3.02. The Morgan fingerprint density at radius 2 is 1.82 bits per heavy atom. The fourth-order valence-electron chi connectivity index (χ4n) is 2.76. The highest BCUT2D eigenvalue weighted by molar-refractivity contribution is 7.16. The summed E-state index contributed by atoms with van der Waals surface area (Å²) < 4.78 is 19.1. The maximum absolute atomic E-state index is 12.7. The molecule has 0 saturated carbocycles. The molecule has 0 spiro atoms. The van der Waals surface area contributed by atoms with E-state index in [0.29, 0.717) is 23.5 Å². The molecule has 6 nitrogen and oxygen atoms in total. The van der Waals surface area contributed by atoms with Crippen LogP contribution in [0.1, 0.15) is 24.2 Å². The van der Waals surface area contributed by atoms with E-state index < -0.39 is 0 Å². The van der Waals surface area contributed by atoms with Gasteiger partial charge in [0.15, 0.2) is 4.80 Å². The molecule has 0 aliphatic rings. The van der Waals surface area contributed by atoms with Crippen molar-refractivity contribution >= 4 is 27.5 Å². The lowest BCUT2D eigenvalue weighted by Gasteiger charge is -2.09. The number of nitrogens with zero attached hydrogens (tertiary/aromatic N) is 2. The monoisotopic (exact) mass is 400 g/mol. The summed E-state index contributed by atoms with van der Waals surface area (Å²) in [6.45, 7) is 5.06. The zero-order valence-electron chi connectivity index (χ0n) is 16.5. The number of carbonyl (C=O) groups excluding carboxylic acids is 1. The number of hydrogen-bond acceptors (Lipinski definition) is 5. The van der Waals surface area contributed by atoms with Crippen LogP contribution < -0.4 is 14.3 Å². The number of thiazole rings is 1. The summed E-state index contributed by atoms with van der Waals surface area (Å²) in [4.78, 5) is 17.7. The maximum Gasteiger partial charge on any atom is 0.279 e. The van der Waals surface area contributed by atoms with E-state index in [1.807, 2.05) is 36.6 Å². The summed E-state index contributed by atoms with van der Waals surface area (Å²) in [5.74, 6) is 1.21. The average molecular weight is 401 g/mol. The van der Waals surface area contributed by atoms with Crippen molar-refractivity contribution in [1.29, 1.82) is 0 Å². The fraction of sp³-hybridized carbons (Fsp3) is 0.333. The van der Waals surface area contributed by atoms with Crippen LogP contribution in [0.2, 0.25) is 0 Å². The van der Waals surface area contributed by atoms with E-state index >= 15 is 0 Å². The van der Waals surface area contributed by atoms with Gasteiger partial charge in [0.25, 0.3) is 5.91 Å². The minimum absolute atomic E-state index is 0.0847. The lowest BCUT2D eigenvalue weighted by atomic mass is 10.2. The molecule has 0 fully saturated rings. The van der Waals surface area contributed by atoms with Gasteiger partial charge in [-0.2, -0.15) is 4.99 Å². The molecule has 0 aliphatic heterocycles. The van der Waals surface area contributed by atoms with Gasteiger partial charge in [0.1, 0.15) is 11.5 Å². The smallest absolute Gasteiger partial charge is 0.279 e. The first-order valence-corrected chi connectivity index (χ1v) is 9.85. The van der Waals surface area contributed by atoms with Crippen molar-refractivity contribution in [2.45, 2.75) is 26.5 Å². The Morgan fingerprint density at radius 3 is 2.46 bits per heavy atom. The van der Waals surface area contributed by atoms with Crippen LogP contribution in [-0.4, -0.2) is 37.4 Å². The number of benzene rings is 2. The second-order valence-electron chi connectivity index (χ2n) is 6.47. The van der Waals surface area contributed by atoms with Crippen LogP contribution in [0.15, 0.2) is 47.5 Å². The van der Waals surface area contributed by atoms with Gasteiger partial charge in [0.05, 0.1) is 30.0 Å². The molecule has 0 atom stereocenters. The Hall–Kier alpha value is -2.64. The summed E-state index contributed by atoms with van der Waals surface area (Å²) in [5.41, 5.74) is 1.51. The maximum atomic E-state index is 12.7. The molecule has 7 heteroatoms. The van der Waals surface area contributed by atoms with Gasteiger partial charge in [-0.3, -0.25) is 4.79 Å². The van der Waals surface area contributed by atoms with Gasteiger partial charge in [-0.1, -0.05) is 11.3 Å². The van der Waals surface area contributed by atoms with Crippen molar-refractivity contribution in [3.05, 3.63) is 52.8 Å². The van der Waals surface area contributed by atoms with Crippen LogP contribution in [0, 0.1) is 0 Å². The standard InChI is InChI=1S/C21H24N2O4S/c1-14(2)27-16-7-5-15(6-8-16)20(24)22-21-23(11-12-25-3)18-10-9-17(26-4)13-19(18)28-21/h5-10,13-14H,11-12H2,1-4H3. The molecule has 3 aromatic rings. The first-order chi connectivity index (χ1) is 13.5. The molecule has 148 valence electrons. The van der Waals surface area contributed by atoms with E-state index in [9.17, 15) is 4.79 Å². The van der Waals surface area contributed by atoms with Crippen LogP contribution in [0.5, 0.6) is 11.5 Å². The normalized spacial score (nSPS) is 12.0. The number of carbonyl (C=O) groups is 1. The SMILES string of the molecule is COCCn1c(=NC(=O)c2ccc(OC(C)C)cc2)sc2cc(OC)ccc21. The van der Waals surface area contributed by atoms with E-state index in [0.717, 1.165) is 21.7 Å². The van der Waals surface area contributed by atoms with Crippen LogP contribution >= 0.6 is 11.3 Å². The van der Waals surface area contributed by atoms with Crippen molar-refractivity contribution in [3.8, 4) is 11.5 Å². The molecule has 0 aliphatic carbocycles. The van der Waals surface area contributed by atoms with Crippen molar-refractivity contribution in [1.82, 2.24) is 4.57 Å². The van der Waals surface area contributed by atoms with Gasteiger partial charge in [-0.15, -0.1) is 0 Å². The van der Waals surface area contributed by atoms with E-state index in [1.54, 1.807) is 38.5 Å². The van der Waals surface area contributed by atoms with Crippen LogP contribution in [0.25, 0.3) is 10.2 Å². The summed E-state index contributed by atoms with van der Waals surface area (Å²) in [6.07, 6.45) is 0.0847. The van der Waals surface area contributed by atoms with Crippen molar-refractivity contribution < 1.29 is 19.0 Å². The zero-order chi connectivity index (χ0) is 20.1. The Balaban J connectivity index is 1.98. The predicted molar refractivity (Wildman–Crippen MR) is 110 cm³/mol. The van der Waals surface area contributed by atoms with Gasteiger partial charge in [0, 0.05) is 19.2 Å². The molecule has 0 saturated heterocycles. The van der Waals surface area contributed by atoms with Gasteiger partial charge < -0.3 is 18.8 Å². The molecule has 3 rings (SSSR count). The van der Waals surface area contributed by atoms with Gasteiger partial charge in [-0.05, 0) is 56.3 Å². The zero-order valence-corrected chi connectivity index (χ0v) is 17.3. The molecular weight excluding hydrogens is 376 g/mol. The topological polar surface area (TPSA) is 62.1 Å². The minimum atomic E-state index is -0.291. The summed E-state index contributed by atoms with van der Waals surface area (Å²) >= 11 is 1.45. The van der Waals surface area contributed by atoms with Crippen molar-refractivity contribution in [2.24, 2.45) is 4.99 Å². The largest absolute Gasteiger partial charge is 0.497 e. The van der Waals surface area contributed by atoms with E-state index in [1.165, 1.54) is 11.3 Å². The molecule has 0 bridgehead atoms. The van der Waals surface area contributed by atoms with Gasteiger partial charge in [0.2, 0.25) is 0 Å². The van der Waals surface area contributed by atoms with E-state index in [2.05, 4.69) is 4.99 Å². The highest BCUT2D eigenvalue weighted by Crippen LogP contribution is 2.23. The highest BCUT2D eigenvalue weighted by atomic mass is 32.1. The van der Waals surface area contributed by atoms with Crippen LogP contribution in [0.4, 0.5) is 0 Å². The summed E-state index contributed by atoms with van der Waals surface area (Å²) in [6, 6.07) is 12.9. The van der Waals surface area contributed by atoms with E-state index in [-0.39, 0.29) is 12.0 Å². The third-order valence-electron chi connectivity index (χ3n) is 4.08. The lowest BCUT2D eigenvalue weighted by Crippen LogP contribution is -2.19. The third kappa shape index (κ3) is 4.61. The Labute approximate surface area is 168 Å². The van der Waals surface area contributed by atoms with Crippen molar-refractivity contribution in [2.75, 3.05) is 20.8 Å². The number of amides is 1. The molecule has 28 heavy (non-hydrogen) atoms. The number of methoxy groups -OCH3 is 2. The molecule has 0 radical (unpaired) electrons. The lowest BCUT2D eigenvalue weighted by molar-refractivity contribution is 0.0997. The second-order valence-corrected chi connectivity index (χ2v) is 7.48. The molecule has 0 N–H and O–H groups in total. The van der Waals surface area contributed by atoms with Gasteiger partial charge in [-0.25, -0.2) is 0 Å². The minimum Gasteiger partial charge on any atom is -0.497 e. The number of rotatable bonds is 7. The Kier molecular flexibility index (Phi) is 6.49.